The summed E-state index contributed by atoms with van der Waals surface area (Å²) in [7, 11) is 0. The van der Waals surface area contributed by atoms with E-state index in [-0.39, 0.29) is 5.91 Å². The van der Waals surface area contributed by atoms with Crippen molar-refractivity contribution in [2.24, 2.45) is 0 Å². The van der Waals surface area contributed by atoms with Gasteiger partial charge in [-0.2, -0.15) is 0 Å². The maximum absolute atomic E-state index is 11.5. The van der Waals surface area contributed by atoms with Gasteiger partial charge in [0.2, 0.25) is 5.91 Å². The number of aromatic nitrogens is 1. The highest BCUT2D eigenvalue weighted by Gasteiger charge is 2.22. The second kappa shape index (κ2) is 4.94. The van der Waals surface area contributed by atoms with Crippen molar-refractivity contribution >= 4 is 33.1 Å². The minimum Gasteiger partial charge on any atom is -0.384 e. The molecule has 1 aliphatic rings. The number of nitrogens with one attached hydrogen (secondary N) is 2. The topological polar surface area (TPSA) is 54.0 Å². The number of carbonyl (C=O) groups is 1. The molecule has 1 aliphatic carbocycles. The summed E-state index contributed by atoms with van der Waals surface area (Å²) in [5.74, 6) is 0.142. The van der Waals surface area contributed by atoms with Crippen LogP contribution in [0.4, 0.5) is 5.69 Å². The van der Waals surface area contributed by atoms with Crippen LogP contribution in [0.2, 0.25) is 0 Å². The van der Waals surface area contributed by atoms with Crippen LogP contribution in [0.3, 0.4) is 0 Å². The van der Waals surface area contributed by atoms with Crippen molar-refractivity contribution in [1.82, 2.24) is 10.3 Å². The Balaban J connectivity index is 1.50. The molecule has 0 atom stereocenters. The summed E-state index contributed by atoms with van der Waals surface area (Å²) in [5.41, 5.74) is 3.92. The molecule has 0 aliphatic heterocycles. The van der Waals surface area contributed by atoms with E-state index in [0.717, 1.165) is 24.0 Å². The van der Waals surface area contributed by atoms with Gasteiger partial charge >= 0.3 is 0 Å². The van der Waals surface area contributed by atoms with Gasteiger partial charge in [-0.05, 0) is 31.0 Å². The van der Waals surface area contributed by atoms with E-state index in [4.69, 9.17) is 0 Å². The van der Waals surface area contributed by atoms with Gasteiger partial charge in [-0.25, -0.2) is 4.98 Å². The first kappa shape index (κ1) is 11.5. The first-order chi connectivity index (χ1) is 8.81. The summed E-state index contributed by atoms with van der Waals surface area (Å²) in [6, 6.07) is 6.52. The maximum atomic E-state index is 11.5. The van der Waals surface area contributed by atoms with Gasteiger partial charge in [0.05, 0.1) is 15.7 Å². The fourth-order valence-corrected chi connectivity index (χ4v) is 2.53. The smallest absolute Gasteiger partial charge is 0.221 e. The van der Waals surface area contributed by atoms with E-state index in [1.54, 1.807) is 11.3 Å². The molecule has 0 saturated heterocycles. The SMILES string of the molecule is O=C(CCNc1ccc2ncsc2c1)NC1CC1. The lowest BCUT2D eigenvalue weighted by Crippen LogP contribution is -2.27. The number of fused-ring (bicyclic) bond motifs is 1. The van der Waals surface area contributed by atoms with E-state index in [1.165, 1.54) is 4.70 Å². The zero-order valence-corrected chi connectivity index (χ0v) is 10.8. The molecule has 0 bridgehead atoms. The number of hydrogen-bond acceptors (Lipinski definition) is 4. The molecule has 4 nitrogen and oxygen atoms in total. The van der Waals surface area contributed by atoms with E-state index in [0.29, 0.717) is 19.0 Å². The number of thiazole rings is 1. The second-order valence-corrected chi connectivity index (χ2v) is 5.44. The van der Waals surface area contributed by atoms with Crippen molar-refractivity contribution in [3.05, 3.63) is 23.7 Å². The second-order valence-electron chi connectivity index (χ2n) is 4.55. The summed E-state index contributed by atoms with van der Waals surface area (Å²) in [6.07, 6.45) is 2.81. The molecule has 94 valence electrons. The fourth-order valence-electron chi connectivity index (χ4n) is 1.81. The molecule has 1 aromatic carbocycles. The number of hydrogen-bond donors (Lipinski definition) is 2. The molecule has 1 aromatic heterocycles. The lowest BCUT2D eigenvalue weighted by atomic mass is 10.3. The maximum Gasteiger partial charge on any atom is 0.221 e. The van der Waals surface area contributed by atoms with E-state index in [9.17, 15) is 4.79 Å². The lowest BCUT2D eigenvalue weighted by molar-refractivity contribution is -0.120. The highest BCUT2D eigenvalue weighted by Crippen LogP contribution is 2.22. The van der Waals surface area contributed by atoms with Gasteiger partial charge in [0.25, 0.3) is 0 Å². The third kappa shape index (κ3) is 2.79. The van der Waals surface area contributed by atoms with Crippen LogP contribution in [0.15, 0.2) is 23.7 Å². The molecule has 2 N–H and O–H groups in total. The molecule has 0 spiro atoms. The molecule has 3 rings (SSSR count). The number of rotatable bonds is 5. The minimum absolute atomic E-state index is 0.142. The Kier molecular flexibility index (Phi) is 3.15. The summed E-state index contributed by atoms with van der Waals surface area (Å²) < 4.78 is 1.17. The zero-order chi connectivity index (χ0) is 12.4. The van der Waals surface area contributed by atoms with Crippen molar-refractivity contribution < 1.29 is 4.79 Å². The van der Waals surface area contributed by atoms with E-state index in [1.807, 2.05) is 17.6 Å². The summed E-state index contributed by atoms with van der Waals surface area (Å²) in [4.78, 5) is 15.7. The molecule has 0 unspecified atom stereocenters. The molecule has 1 amide bonds. The monoisotopic (exact) mass is 261 g/mol. The van der Waals surface area contributed by atoms with Crippen LogP contribution in [-0.4, -0.2) is 23.5 Å². The first-order valence-corrected chi connectivity index (χ1v) is 7.06. The van der Waals surface area contributed by atoms with Crippen molar-refractivity contribution in [2.75, 3.05) is 11.9 Å². The van der Waals surface area contributed by atoms with E-state index < -0.39 is 0 Å². The van der Waals surface area contributed by atoms with Gasteiger partial charge in [-0.1, -0.05) is 0 Å². The van der Waals surface area contributed by atoms with Crippen LogP contribution in [0, 0.1) is 0 Å². The molecule has 1 saturated carbocycles. The quantitative estimate of drug-likeness (QED) is 0.869. The van der Waals surface area contributed by atoms with Crippen molar-refractivity contribution in [3.8, 4) is 0 Å². The van der Waals surface area contributed by atoms with Crippen LogP contribution in [0.5, 0.6) is 0 Å². The molecule has 2 aromatic rings. The van der Waals surface area contributed by atoms with Crippen LogP contribution in [0.25, 0.3) is 10.2 Å². The third-order valence-corrected chi connectivity index (χ3v) is 3.75. The van der Waals surface area contributed by atoms with Gasteiger partial charge in [0.15, 0.2) is 0 Å². The Hall–Kier alpha value is -1.62. The predicted molar refractivity (Wildman–Crippen MR) is 73.9 cm³/mol. The average molecular weight is 261 g/mol. The van der Waals surface area contributed by atoms with Gasteiger partial charge in [-0.15, -0.1) is 11.3 Å². The summed E-state index contributed by atoms with van der Waals surface area (Å²) >= 11 is 1.63. The molecule has 1 heterocycles. The van der Waals surface area contributed by atoms with Crippen LogP contribution in [0.1, 0.15) is 19.3 Å². The zero-order valence-electron chi connectivity index (χ0n) is 9.98. The summed E-state index contributed by atoms with van der Waals surface area (Å²) in [5, 5.41) is 6.25. The number of nitrogens with zero attached hydrogens (tertiary/aromatic N) is 1. The van der Waals surface area contributed by atoms with Crippen molar-refractivity contribution in [3.63, 3.8) is 0 Å². The highest BCUT2D eigenvalue weighted by molar-refractivity contribution is 7.16. The number of amides is 1. The van der Waals surface area contributed by atoms with Crippen molar-refractivity contribution in [2.45, 2.75) is 25.3 Å². The molecule has 0 radical (unpaired) electrons. The van der Waals surface area contributed by atoms with Crippen LogP contribution >= 0.6 is 11.3 Å². The van der Waals surface area contributed by atoms with Gasteiger partial charge in [-0.3, -0.25) is 4.79 Å². The highest BCUT2D eigenvalue weighted by atomic mass is 32.1. The van der Waals surface area contributed by atoms with Crippen LogP contribution in [-0.2, 0) is 4.79 Å². The van der Waals surface area contributed by atoms with Gasteiger partial charge < -0.3 is 10.6 Å². The molecule has 1 fully saturated rings. The molecular weight excluding hydrogens is 246 g/mol. The van der Waals surface area contributed by atoms with Gasteiger partial charge in [0.1, 0.15) is 0 Å². The van der Waals surface area contributed by atoms with Crippen molar-refractivity contribution in [1.29, 1.82) is 0 Å². The Morgan fingerprint density at radius 3 is 3.17 bits per heavy atom. The third-order valence-electron chi connectivity index (χ3n) is 2.95. The molecule has 5 heteroatoms. The molecule has 18 heavy (non-hydrogen) atoms. The Morgan fingerprint density at radius 2 is 2.33 bits per heavy atom. The Labute approximate surface area is 109 Å². The largest absolute Gasteiger partial charge is 0.384 e. The predicted octanol–water partition coefficient (Wildman–Crippen LogP) is 2.38. The van der Waals surface area contributed by atoms with Gasteiger partial charge in [0, 0.05) is 24.7 Å². The molecular formula is C13H15N3OS. The first-order valence-electron chi connectivity index (χ1n) is 6.18. The average Bonchev–Trinajstić information content (AvgIpc) is 3.05. The number of anilines is 1. The summed E-state index contributed by atoms with van der Waals surface area (Å²) in [6.45, 7) is 0.670. The Morgan fingerprint density at radius 1 is 1.44 bits per heavy atom. The lowest BCUT2D eigenvalue weighted by Gasteiger charge is -2.06. The standard InChI is InChI=1S/C13H15N3OS/c17-13(16-9-1-2-9)5-6-14-10-3-4-11-12(7-10)18-8-15-11/h3-4,7-9,14H,1-2,5-6H2,(H,16,17). The Bertz CT molecular complexity index is 562. The number of carbonyl (C=O) groups excluding carboxylic acids is 1. The van der Waals surface area contributed by atoms with Crippen LogP contribution < -0.4 is 10.6 Å². The normalized spacial score (nSPS) is 14.7. The van der Waals surface area contributed by atoms with E-state index in [2.05, 4.69) is 21.7 Å². The fraction of sp³-hybridized carbons (Fsp3) is 0.385. The number of benzene rings is 1. The van der Waals surface area contributed by atoms with E-state index >= 15 is 0 Å². The minimum atomic E-state index is 0.142.